The Labute approximate surface area is 113 Å². The molecule has 1 N–H and O–H groups in total. The van der Waals surface area contributed by atoms with E-state index in [-0.39, 0.29) is 6.03 Å². The fraction of sp³-hybridized carbons (Fsp3) is 0.500. The predicted octanol–water partition coefficient (Wildman–Crippen LogP) is 4.14. The normalized spacial score (nSPS) is 14.3. The molecule has 0 unspecified atom stereocenters. The van der Waals surface area contributed by atoms with E-state index in [1.807, 2.05) is 17.0 Å². The van der Waals surface area contributed by atoms with E-state index in [1.165, 1.54) is 0 Å². The zero-order chi connectivity index (χ0) is 13.0. The molecule has 1 saturated carbocycles. The highest BCUT2D eigenvalue weighted by atomic mass is 35.5. The molecule has 1 aliphatic carbocycles. The van der Waals surface area contributed by atoms with Crippen LogP contribution < -0.4 is 5.32 Å². The third-order valence-corrected chi connectivity index (χ3v) is 3.31. The van der Waals surface area contributed by atoms with Crippen LogP contribution in [0.2, 0.25) is 5.02 Å². The van der Waals surface area contributed by atoms with Crippen LogP contribution in [-0.4, -0.2) is 23.5 Å². The quantitative estimate of drug-likeness (QED) is 0.854. The number of benzene rings is 1. The molecule has 1 aromatic carbocycles. The smallest absolute Gasteiger partial charge is 0.322 e. The van der Waals surface area contributed by atoms with Gasteiger partial charge in [0.1, 0.15) is 0 Å². The summed E-state index contributed by atoms with van der Waals surface area (Å²) in [4.78, 5) is 14.1. The van der Waals surface area contributed by atoms with Crippen LogP contribution in [0.1, 0.15) is 32.6 Å². The van der Waals surface area contributed by atoms with Crippen LogP contribution in [0.5, 0.6) is 0 Å². The second-order valence-corrected chi connectivity index (χ2v) is 5.16. The van der Waals surface area contributed by atoms with E-state index >= 15 is 0 Å². The molecule has 0 aromatic heterocycles. The summed E-state index contributed by atoms with van der Waals surface area (Å²) in [6.45, 7) is 2.98. The Morgan fingerprint density at radius 3 is 2.89 bits per heavy atom. The summed E-state index contributed by atoms with van der Waals surface area (Å²) in [6.07, 6.45) is 4.42. The minimum Gasteiger partial charge on any atom is -0.322 e. The first-order valence-electron chi connectivity index (χ1n) is 6.54. The van der Waals surface area contributed by atoms with Crippen molar-refractivity contribution in [2.24, 2.45) is 0 Å². The first kappa shape index (κ1) is 13.2. The third-order valence-electron chi connectivity index (χ3n) is 3.08. The molecule has 2 rings (SSSR count). The van der Waals surface area contributed by atoms with Crippen LogP contribution in [-0.2, 0) is 0 Å². The molecule has 0 heterocycles. The van der Waals surface area contributed by atoms with Gasteiger partial charge >= 0.3 is 6.03 Å². The van der Waals surface area contributed by atoms with E-state index in [2.05, 4.69) is 12.2 Å². The van der Waals surface area contributed by atoms with E-state index in [0.717, 1.165) is 37.9 Å². The lowest BCUT2D eigenvalue weighted by atomic mass is 10.3. The highest BCUT2D eigenvalue weighted by Crippen LogP contribution is 2.28. The first-order chi connectivity index (χ1) is 8.70. The summed E-state index contributed by atoms with van der Waals surface area (Å²) in [7, 11) is 0. The molecule has 0 atom stereocenters. The number of nitrogens with zero attached hydrogens (tertiary/aromatic N) is 1. The SMILES string of the molecule is CCCCN(C(=O)Nc1cccc(Cl)c1)C1CC1. The summed E-state index contributed by atoms with van der Waals surface area (Å²) in [5.41, 5.74) is 0.759. The van der Waals surface area contributed by atoms with Crippen molar-refractivity contribution in [3.8, 4) is 0 Å². The number of carbonyl (C=O) groups excluding carboxylic acids is 1. The largest absolute Gasteiger partial charge is 0.322 e. The number of amides is 2. The molecule has 18 heavy (non-hydrogen) atoms. The van der Waals surface area contributed by atoms with Crippen molar-refractivity contribution in [1.29, 1.82) is 0 Å². The molecule has 0 spiro atoms. The second kappa shape index (κ2) is 6.10. The molecule has 0 aliphatic heterocycles. The van der Waals surface area contributed by atoms with Gasteiger partial charge in [-0.05, 0) is 37.5 Å². The number of nitrogens with one attached hydrogen (secondary N) is 1. The van der Waals surface area contributed by atoms with Crippen molar-refractivity contribution in [2.45, 2.75) is 38.6 Å². The zero-order valence-electron chi connectivity index (χ0n) is 10.7. The van der Waals surface area contributed by atoms with E-state index < -0.39 is 0 Å². The average molecular weight is 267 g/mol. The number of anilines is 1. The van der Waals surface area contributed by atoms with Gasteiger partial charge in [0.15, 0.2) is 0 Å². The predicted molar refractivity (Wildman–Crippen MR) is 75.1 cm³/mol. The highest BCUT2D eigenvalue weighted by molar-refractivity contribution is 6.30. The fourth-order valence-electron chi connectivity index (χ4n) is 1.93. The van der Waals surface area contributed by atoms with Crippen LogP contribution in [0, 0.1) is 0 Å². The van der Waals surface area contributed by atoms with Gasteiger partial charge in [0, 0.05) is 23.3 Å². The lowest BCUT2D eigenvalue weighted by Crippen LogP contribution is -2.37. The van der Waals surface area contributed by atoms with E-state index in [4.69, 9.17) is 11.6 Å². The molecular weight excluding hydrogens is 248 g/mol. The number of hydrogen-bond donors (Lipinski definition) is 1. The second-order valence-electron chi connectivity index (χ2n) is 4.72. The van der Waals surface area contributed by atoms with Crippen LogP contribution in [0.3, 0.4) is 0 Å². The number of carbonyl (C=O) groups is 1. The summed E-state index contributed by atoms with van der Waals surface area (Å²) in [5, 5.41) is 3.55. The summed E-state index contributed by atoms with van der Waals surface area (Å²) in [5.74, 6) is 0. The Balaban J connectivity index is 1.96. The van der Waals surface area contributed by atoms with Gasteiger partial charge in [-0.1, -0.05) is 31.0 Å². The van der Waals surface area contributed by atoms with Crippen LogP contribution in [0.4, 0.5) is 10.5 Å². The lowest BCUT2D eigenvalue weighted by Gasteiger charge is -2.22. The van der Waals surface area contributed by atoms with Crippen molar-refractivity contribution in [3.63, 3.8) is 0 Å². The maximum absolute atomic E-state index is 12.2. The van der Waals surface area contributed by atoms with Crippen molar-refractivity contribution < 1.29 is 4.79 Å². The lowest BCUT2D eigenvalue weighted by molar-refractivity contribution is 0.208. The van der Waals surface area contributed by atoms with Gasteiger partial charge in [0.05, 0.1) is 0 Å². The average Bonchev–Trinajstić information content (AvgIpc) is 3.14. The molecule has 0 saturated heterocycles. The van der Waals surface area contributed by atoms with Crippen molar-refractivity contribution in [3.05, 3.63) is 29.3 Å². The Hall–Kier alpha value is -1.22. The number of halogens is 1. The Morgan fingerprint density at radius 2 is 2.28 bits per heavy atom. The van der Waals surface area contributed by atoms with Crippen LogP contribution in [0.15, 0.2) is 24.3 Å². The number of unbranched alkanes of at least 4 members (excludes halogenated alkanes) is 1. The zero-order valence-corrected chi connectivity index (χ0v) is 11.4. The molecule has 1 fully saturated rings. The Bertz CT molecular complexity index is 418. The maximum atomic E-state index is 12.2. The summed E-state index contributed by atoms with van der Waals surface area (Å²) < 4.78 is 0. The maximum Gasteiger partial charge on any atom is 0.322 e. The monoisotopic (exact) mass is 266 g/mol. The highest BCUT2D eigenvalue weighted by Gasteiger charge is 2.32. The summed E-state index contributed by atoms with van der Waals surface area (Å²) in [6, 6.07) is 7.70. The number of rotatable bonds is 5. The molecule has 4 heteroatoms. The number of urea groups is 1. The molecule has 0 bridgehead atoms. The molecule has 1 aliphatic rings. The van der Waals surface area contributed by atoms with Gasteiger partial charge in [0.2, 0.25) is 0 Å². The van der Waals surface area contributed by atoms with Gasteiger partial charge in [-0.2, -0.15) is 0 Å². The molecular formula is C14H19ClN2O. The van der Waals surface area contributed by atoms with Crippen LogP contribution >= 0.6 is 11.6 Å². The van der Waals surface area contributed by atoms with Crippen LogP contribution in [0.25, 0.3) is 0 Å². The molecule has 2 amide bonds. The minimum atomic E-state index is -0.00628. The molecule has 98 valence electrons. The van der Waals surface area contributed by atoms with E-state index in [9.17, 15) is 4.79 Å². The minimum absolute atomic E-state index is 0.00628. The van der Waals surface area contributed by atoms with Gasteiger partial charge in [0.25, 0.3) is 0 Å². The van der Waals surface area contributed by atoms with Gasteiger partial charge in [-0.3, -0.25) is 0 Å². The summed E-state index contributed by atoms with van der Waals surface area (Å²) >= 11 is 5.90. The Morgan fingerprint density at radius 1 is 1.50 bits per heavy atom. The molecule has 3 nitrogen and oxygen atoms in total. The topological polar surface area (TPSA) is 32.3 Å². The third kappa shape index (κ3) is 3.64. The van der Waals surface area contributed by atoms with Gasteiger partial charge in [-0.15, -0.1) is 0 Å². The van der Waals surface area contributed by atoms with Gasteiger partial charge in [-0.25, -0.2) is 4.79 Å². The van der Waals surface area contributed by atoms with Crippen molar-refractivity contribution >= 4 is 23.3 Å². The van der Waals surface area contributed by atoms with Crippen molar-refractivity contribution in [1.82, 2.24) is 4.90 Å². The Kier molecular flexibility index (Phi) is 4.48. The molecule has 1 aromatic rings. The molecule has 0 radical (unpaired) electrons. The van der Waals surface area contributed by atoms with E-state index in [1.54, 1.807) is 12.1 Å². The fourth-order valence-corrected chi connectivity index (χ4v) is 2.12. The van der Waals surface area contributed by atoms with Gasteiger partial charge < -0.3 is 10.2 Å². The number of hydrogen-bond acceptors (Lipinski definition) is 1. The standard InChI is InChI=1S/C14H19ClN2O/c1-2-3-9-17(13-7-8-13)14(18)16-12-6-4-5-11(15)10-12/h4-6,10,13H,2-3,7-9H2,1H3,(H,16,18). The first-order valence-corrected chi connectivity index (χ1v) is 6.91. The van der Waals surface area contributed by atoms with Crippen molar-refractivity contribution in [2.75, 3.05) is 11.9 Å². The van der Waals surface area contributed by atoms with E-state index in [0.29, 0.717) is 11.1 Å².